The van der Waals surface area contributed by atoms with E-state index in [2.05, 4.69) is 24.1 Å². The highest BCUT2D eigenvalue weighted by Crippen LogP contribution is 2.16. The van der Waals surface area contributed by atoms with Crippen LogP contribution >= 0.6 is 0 Å². The van der Waals surface area contributed by atoms with Crippen LogP contribution in [-0.2, 0) is 11.2 Å². The van der Waals surface area contributed by atoms with Gasteiger partial charge in [-0.25, -0.2) is 0 Å². The summed E-state index contributed by atoms with van der Waals surface area (Å²) in [5.74, 6) is 0.465. The van der Waals surface area contributed by atoms with Crippen LogP contribution in [0.15, 0.2) is 30.3 Å². The number of pyridine rings is 1. The Morgan fingerprint density at radius 3 is 2.84 bits per heavy atom. The van der Waals surface area contributed by atoms with Crippen molar-refractivity contribution in [3.05, 3.63) is 36.0 Å². The Balaban J connectivity index is 2.09. The number of nitrogens with zero attached hydrogens (tertiary/aromatic N) is 1. The number of fused-ring (bicyclic) bond motifs is 1. The molecule has 0 aliphatic rings. The van der Waals surface area contributed by atoms with Crippen LogP contribution in [0.2, 0.25) is 0 Å². The second-order valence-electron chi connectivity index (χ2n) is 5.13. The van der Waals surface area contributed by atoms with Gasteiger partial charge >= 0.3 is 0 Å². The molecule has 0 unspecified atom stereocenters. The van der Waals surface area contributed by atoms with E-state index in [0.29, 0.717) is 18.9 Å². The predicted molar refractivity (Wildman–Crippen MR) is 77.7 cm³/mol. The summed E-state index contributed by atoms with van der Waals surface area (Å²) in [5.41, 5.74) is 8.08. The number of hydrogen-bond donors (Lipinski definition) is 2. The molecule has 2 rings (SSSR count). The number of nitrogen functional groups attached to an aromatic ring is 1. The molecular weight excluding hydrogens is 238 g/mol. The predicted octanol–water partition coefficient (Wildman–Crippen LogP) is 2.13. The van der Waals surface area contributed by atoms with Crippen LogP contribution in [0.25, 0.3) is 10.9 Å². The zero-order chi connectivity index (χ0) is 13.8. The van der Waals surface area contributed by atoms with Crippen molar-refractivity contribution in [2.24, 2.45) is 5.92 Å². The minimum atomic E-state index is 0.0102. The van der Waals surface area contributed by atoms with Crippen molar-refractivity contribution in [3.63, 3.8) is 0 Å². The first-order valence-corrected chi connectivity index (χ1v) is 6.46. The highest BCUT2D eigenvalue weighted by molar-refractivity contribution is 5.83. The highest BCUT2D eigenvalue weighted by Gasteiger charge is 2.06. The number of aromatic nitrogens is 1. The zero-order valence-corrected chi connectivity index (χ0v) is 11.3. The number of nitrogens with one attached hydrogen (secondary N) is 1. The van der Waals surface area contributed by atoms with E-state index in [-0.39, 0.29) is 5.91 Å². The topological polar surface area (TPSA) is 68.0 Å². The fourth-order valence-electron chi connectivity index (χ4n) is 1.83. The van der Waals surface area contributed by atoms with E-state index in [0.717, 1.165) is 22.3 Å². The van der Waals surface area contributed by atoms with Crippen molar-refractivity contribution >= 4 is 22.5 Å². The fraction of sp³-hybridized carbons (Fsp3) is 0.333. The number of benzene rings is 1. The summed E-state index contributed by atoms with van der Waals surface area (Å²) in [5, 5.41) is 3.88. The summed E-state index contributed by atoms with van der Waals surface area (Å²) in [4.78, 5) is 16.2. The molecular formula is C15H19N3O. The van der Waals surface area contributed by atoms with Gasteiger partial charge < -0.3 is 11.1 Å². The van der Waals surface area contributed by atoms with Crippen molar-refractivity contribution in [2.45, 2.75) is 20.3 Å². The quantitative estimate of drug-likeness (QED) is 0.824. The Morgan fingerprint density at radius 1 is 1.32 bits per heavy atom. The van der Waals surface area contributed by atoms with Gasteiger partial charge in [-0.1, -0.05) is 19.9 Å². The van der Waals surface area contributed by atoms with Gasteiger partial charge in [-0.05, 0) is 30.2 Å². The van der Waals surface area contributed by atoms with Gasteiger partial charge in [0.1, 0.15) is 0 Å². The first-order valence-electron chi connectivity index (χ1n) is 6.46. The molecule has 1 aromatic heterocycles. The van der Waals surface area contributed by atoms with E-state index >= 15 is 0 Å². The maximum atomic E-state index is 11.7. The van der Waals surface area contributed by atoms with Crippen molar-refractivity contribution in [1.29, 1.82) is 0 Å². The van der Waals surface area contributed by atoms with E-state index in [1.807, 2.05) is 30.3 Å². The normalized spacial score (nSPS) is 10.9. The lowest BCUT2D eigenvalue weighted by molar-refractivity contribution is -0.120. The minimum Gasteiger partial charge on any atom is -0.399 e. The standard InChI is InChI=1S/C15H19N3O/c1-10(2)9-17-15(19)8-13-5-3-11-7-12(16)4-6-14(11)18-13/h3-7,10H,8-9,16H2,1-2H3,(H,17,19). The average molecular weight is 257 g/mol. The third kappa shape index (κ3) is 3.68. The molecule has 1 aromatic carbocycles. The number of nitrogens with two attached hydrogens (primary N) is 1. The van der Waals surface area contributed by atoms with Gasteiger partial charge in [0.15, 0.2) is 0 Å². The maximum Gasteiger partial charge on any atom is 0.226 e. The molecule has 4 heteroatoms. The number of amides is 1. The third-order valence-corrected chi connectivity index (χ3v) is 2.82. The van der Waals surface area contributed by atoms with Crippen LogP contribution in [-0.4, -0.2) is 17.4 Å². The largest absolute Gasteiger partial charge is 0.399 e. The van der Waals surface area contributed by atoms with Crippen LogP contribution in [0.1, 0.15) is 19.5 Å². The second-order valence-corrected chi connectivity index (χ2v) is 5.13. The molecule has 3 N–H and O–H groups in total. The van der Waals surface area contributed by atoms with Gasteiger partial charge in [0, 0.05) is 17.6 Å². The van der Waals surface area contributed by atoms with Gasteiger partial charge in [-0.3, -0.25) is 9.78 Å². The van der Waals surface area contributed by atoms with Crippen LogP contribution < -0.4 is 11.1 Å². The van der Waals surface area contributed by atoms with Gasteiger partial charge in [-0.15, -0.1) is 0 Å². The third-order valence-electron chi connectivity index (χ3n) is 2.82. The summed E-state index contributed by atoms with van der Waals surface area (Å²) in [6.45, 7) is 4.83. The molecule has 0 fully saturated rings. The second kappa shape index (κ2) is 5.69. The van der Waals surface area contributed by atoms with Crippen LogP contribution in [0.5, 0.6) is 0 Å². The van der Waals surface area contributed by atoms with E-state index in [4.69, 9.17) is 5.73 Å². The molecule has 100 valence electrons. The summed E-state index contributed by atoms with van der Waals surface area (Å²) >= 11 is 0. The summed E-state index contributed by atoms with van der Waals surface area (Å²) in [6, 6.07) is 9.39. The fourth-order valence-corrected chi connectivity index (χ4v) is 1.83. The van der Waals surface area contributed by atoms with Gasteiger partial charge in [0.05, 0.1) is 17.6 Å². The molecule has 0 radical (unpaired) electrons. The molecule has 2 aromatic rings. The summed E-state index contributed by atoms with van der Waals surface area (Å²) in [6.07, 6.45) is 0.313. The summed E-state index contributed by atoms with van der Waals surface area (Å²) < 4.78 is 0. The van der Waals surface area contributed by atoms with Crippen molar-refractivity contribution < 1.29 is 4.79 Å². The SMILES string of the molecule is CC(C)CNC(=O)Cc1ccc2cc(N)ccc2n1. The Bertz CT molecular complexity index is 593. The molecule has 0 saturated carbocycles. The minimum absolute atomic E-state index is 0.0102. The van der Waals surface area contributed by atoms with Gasteiger partial charge in [0.2, 0.25) is 5.91 Å². The number of carbonyl (C=O) groups excluding carboxylic acids is 1. The number of carbonyl (C=O) groups is 1. The lowest BCUT2D eigenvalue weighted by Crippen LogP contribution is -2.28. The maximum absolute atomic E-state index is 11.7. The molecule has 0 aliphatic heterocycles. The molecule has 1 heterocycles. The van der Waals surface area contributed by atoms with Gasteiger partial charge in [0.25, 0.3) is 0 Å². The number of rotatable bonds is 4. The first kappa shape index (κ1) is 13.3. The van der Waals surface area contributed by atoms with E-state index < -0.39 is 0 Å². The molecule has 19 heavy (non-hydrogen) atoms. The summed E-state index contributed by atoms with van der Waals surface area (Å²) in [7, 11) is 0. The Kier molecular flexibility index (Phi) is 4.00. The van der Waals surface area contributed by atoms with Gasteiger partial charge in [-0.2, -0.15) is 0 Å². The molecule has 0 atom stereocenters. The Labute approximate surface area is 113 Å². The molecule has 0 saturated heterocycles. The van der Waals surface area contributed by atoms with E-state index in [9.17, 15) is 4.79 Å². The lowest BCUT2D eigenvalue weighted by Gasteiger charge is -2.08. The Morgan fingerprint density at radius 2 is 2.11 bits per heavy atom. The van der Waals surface area contributed by atoms with Crippen LogP contribution in [0.3, 0.4) is 0 Å². The molecule has 4 nitrogen and oxygen atoms in total. The van der Waals surface area contributed by atoms with Crippen LogP contribution in [0.4, 0.5) is 5.69 Å². The smallest absolute Gasteiger partial charge is 0.226 e. The molecule has 0 aliphatic carbocycles. The highest BCUT2D eigenvalue weighted by atomic mass is 16.1. The molecule has 1 amide bonds. The zero-order valence-electron chi connectivity index (χ0n) is 11.3. The van der Waals surface area contributed by atoms with Crippen molar-refractivity contribution in [1.82, 2.24) is 10.3 Å². The van der Waals surface area contributed by atoms with Crippen molar-refractivity contribution in [2.75, 3.05) is 12.3 Å². The molecule has 0 spiro atoms. The van der Waals surface area contributed by atoms with E-state index in [1.54, 1.807) is 0 Å². The van der Waals surface area contributed by atoms with Crippen molar-refractivity contribution in [3.8, 4) is 0 Å². The molecule has 0 bridgehead atoms. The number of hydrogen-bond acceptors (Lipinski definition) is 3. The lowest BCUT2D eigenvalue weighted by atomic mass is 10.1. The monoisotopic (exact) mass is 257 g/mol. The average Bonchev–Trinajstić information content (AvgIpc) is 2.36. The van der Waals surface area contributed by atoms with Crippen LogP contribution in [0, 0.1) is 5.92 Å². The number of anilines is 1. The Hall–Kier alpha value is -2.10. The first-order chi connectivity index (χ1) is 9.04. The van der Waals surface area contributed by atoms with E-state index in [1.165, 1.54) is 0 Å².